The lowest BCUT2D eigenvalue weighted by Crippen LogP contribution is -2.39. The van der Waals surface area contributed by atoms with Crippen molar-refractivity contribution in [2.75, 3.05) is 79.0 Å². The molecule has 6 heteroatoms. The lowest BCUT2D eigenvalue weighted by Gasteiger charge is -2.29. The highest BCUT2D eigenvalue weighted by atomic mass is 15.2. The molecule has 2 saturated heterocycles. The Hall–Kier alpha value is -0.850. The van der Waals surface area contributed by atoms with Gasteiger partial charge in [0.15, 0.2) is 5.96 Å². The molecule has 0 aliphatic carbocycles. The van der Waals surface area contributed by atoms with Crippen LogP contribution in [0.4, 0.5) is 0 Å². The van der Waals surface area contributed by atoms with Crippen molar-refractivity contribution in [3.05, 3.63) is 0 Å². The molecule has 2 fully saturated rings. The first kappa shape index (κ1) is 22.4. The second-order valence-electron chi connectivity index (χ2n) is 8.42. The van der Waals surface area contributed by atoms with Gasteiger partial charge in [0.25, 0.3) is 0 Å². The third-order valence-electron chi connectivity index (χ3n) is 5.88. The SMILES string of the molecule is CCNC(=NCCCN1CCC(C)CC1)NCCCN1CCCN(C)CC1. The first-order valence-electron chi connectivity index (χ1n) is 11.3. The average Bonchev–Trinajstić information content (AvgIpc) is 2.88. The third kappa shape index (κ3) is 9.77. The minimum atomic E-state index is 0.916. The summed E-state index contributed by atoms with van der Waals surface area (Å²) >= 11 is 0. The van der Waals surface area contributed by atoms with Crippen molar-refractivity contribution >= 4 is 5.96 Å². The predicted octanol–water partition coefficient (Wildman–Crippen LogP) is 1.69. The van der Waals surface area contributed by atoms with Crippen molar-refractivity contribution < 1.29 is 0 Å². The van der Waals surface area contributed by atoms with E-state index < -0.39 is 0 Å². The van der Waals surface area contributed by atoms with E-state index in [1.54, 1.807) is 0 Å². The van der Waals surface area contributed by atoms with Crippen LogP contribution in [0.25, 0.3) is 0 Å². The van der Waals surface area contributed by atoms with E-state index >= 15 is 0 Å². The molecule has 0 spiro atoms. The molecule has 0 bridgehead atoms. The Morgan fingerprint density at radius 2 is 1.67 bits per heavy atom. The summed E-state index contributed by atoms with van der Waals surface area (Å²) in [6.07, 6.45) is 6.36. The van der Waals surface area contributed by atoms with Crippen LogP contribution in [0.5, 0.6) is 0 Å². The lowest BCUT2D eigenvalue weighted by molar-refractivity contribution is 0.192. The maximum Gasteiger partial charge on any atom is 0.191 e. The van der Waals surface area contributed by atoms with E-state index in [1.807, 2.05) is 0 Å². The molecule has 0 amide bonds. The van der Waals surface area contributed by atoms with E-state index in [1.165, 1.54) is 78.0 Å². The molecule has 2 N–H and O–H groups in total. The molecule has 0 atom stereocenters. The fraction of sp³-hybridized carbons (Fsp3) is 0.952. The number of nitrogens with zero attached hydrogens (tertiary/aromatic N) is 4. The van der Waals surface area contributed by atoms with Crippen molar-refractivity contribution in [1.29, 1.82) is 0 Å². The van der Waals surface area contributed by atoms with Gasteiger partial charge in [0.1, 0.15) is 0 Å². The van der Waals surface area contributed by atoms with Gasteiger partial charge in [-0.15, -0.1) is 0 Å². The topological polar surface area (TPSA) is 46.1 Å². The number of aliphatic imine (C=N–C) groups is 1. The zero-order valence-corrected chi connectivity index (χ0v) is 18.2. The summed E-state index contributed by atoms with van der Waals surface area (Å²) in [5.74, 6) is 1.90. The molecule has 0 aromatic rings. The van der Waals surface area contributed by atoms with Gasteiger partial charge in [0.05, 0.1) is 0 Å². The maximum atomic E-state index is 4.77. The lowest BCUT2D eigenvalue weighted by atomic mass is 9.99. The molecular weight excluding hydrogens is 336 g/mol. The molecule has 2 rings (SSSR count). The van der Waals surface area contributed by atoms with Gasteiger partial charge in [-0.3, -0.25) is 4.99 Å². The summed E-state index contributed by atoms with van der Waals surface area (Å²) in [5.41, 5.74) is 0. The monoisotopic (exact) mass is 380 g/mol. The van der Waals surface area contributed by atoms with E-state index in [0.29, 0.717) is 0 Å². The van der Waals surface area contributed by atoms with Crippen LogP contribution in [0.1, 0.15) is 46.0 Å². The van der Waals surface area contributed by atoms with E-state index in [-0.39, 0.29) is 0 Å². The molecule has 0 aromatic heterocycles. The van der Waals surface area contributed by atoms with Crippen molar-refractivity contribution in [2.24, 2.45) is 10.9 Å². The molecule has 0 radical (unpaired) electrons. The summed E-state index contributed by atoms with van der Waals surface area (Å²) in [6, 6.07) is 0. The fourth-order valence-electron chi connectivity index (χ4n) is 3.95. The predicted molar refractivity (Wildman–Crippen MR) is 117 cm³/mol. The van der Waals surface area contributed by atoms with E-state index in [4.69, 9.17) is 4.99 Å². The number of rotatable bonds is 9. The van der Waals surface area contributed by atoms with Gasteiger partial charge in [-0.05, 0) is 91.3 Å². The normalized spacial score (nSPS) is 22.0. The summed E-state index contributed by atoms with van der Waals surface area (Å²) in [7, 11) is 2.23. The summed E-state index contributed by atoms with van der Waals surface area (Å²) in [4.78, 5) is 12.4. The summed E-state index contributed by atoms with van der Waals surface area (Å²) in [5, 5.41) is 6.90. The van der Waals surface area contributed by atoms with Gasteiger partial charge in [-0.25, -0.2) is 0 Å². The van der Waals surface area contributed by atoms with Crippen LogP contribution < -0.4 is 10.6 Å². The molecule has 2 aliphatic rings. The van der Waals surface area contributed by atoms with Gasteiger partial charge in [0.2, 0.25) is 0 Å². The van der Waals surface area contributed by atoms with E-state index in [0.717, 1.165) is 37.9 Å². The molecule has 6 nitrogen and oxygen atoms in total. The molecule has 2 heterocycles. The minimum Gasteiger partial charge on any atom is -0.357 e. The first-order valence-corrected chi connectivity index (χ1v) is 11.3. The van der Waals surface area contributed by atoms with E-state index in [9.17, 15) is 0 Å². The van der Waals surface area contributed by atoms with Gasteiger partial charge in [0, 0.05) is 32.7 Å². The van der Waals surface area contributed by atoms with Crippen LogP contribution in [-0.2, 0) is 0 Å². The molecule has 0 unspecified atom stereocenters. The zero-order chi connectivity index (χ0) is 19.3. The Kier molecular flexibility index (Phi) is 11.1. The Morgan fingerprint density at radius 1 is 0.926 bits per heavy atom. The van der Waals surface area contributed by atoms with Crippen molar-refractivity contribution in [2.45, 2.75) is 46.0 Å². The van der Waals surface area contributed by atoms with Crippen LogP contribution in [-0.4, -0.2) is 99.7 Å². The van der Waals surface area contributed by atoms with Crippen molar-refractivity contribution in [3.63, 3.8) is 0 Å². The second-order valence-corrected chi connectivity index (χ2v) is 8.42. The molecule has 158 valence electrons. The highest BCUT2D eigenvalue weighted by Crippen LogP contribution is 2.15. The standard InChI is InChI=1S/C21H44N6/c1-4-22-21(24-11-6-14-27-16-8-20(2)9-17-27)23-10-5-13-26-15-7-12-25(3)18-19-26/h20H,4-19H2,1-3H3,(H2,22,23,24). The minimum absolute atomic E-state index is 0.916. The Morgan fingerprint density at radius 3 is 2.44 bits per heavy atom. The Balaban J connectivity index is 1.57. The molecule has 0 aromatic carbocycles. The van der Waals surface area contributed by atoms with Gasteiger partial charge < -0.3 is 25.3 Å². The number of hydrogen-bond donors (Lipinski definition) is 2. The van der Waals surface area contributed by atoms with E-state index in [2.05, 4.69) is 46.2 Å². The Bertz CT molecular complexity index is 405. The molecular formula is C21H44N6. The largest absolute Gasteiger partial charge is 0.357 e. The van der Waals surface area contributed by atoms with Gasteiger partial charge in [-0.1, -0.05) is 6.92 Å². The number of guanidine groups is 1. The van der Waals surface area contributed by atoms with Crippen LogP contribution in [0, 0.1) is 5.92 Å². The van der Waals surface area contributed by atoms with Crippen LogP contribution in [0.15, 0.2) is 4.99 Å². The average molecular weight is 381 g/mol. The summed E-state index contributed by atoms with van der Waals surface area (Å²) < 4.78 is 0. The zero-order valence-electron chi connectivity index (χ0n) is 18.2. The van der Waals surface area contributed by atoms with Crippen molar-refractivity contribution in [3.8, 4) is 0 Å². The second kappa shape index (κ2) is 13.3. The van der Waals surface area contributed by atoms with Crippen LogP contribution in [0.2, 0.25) is 0 Å². The smallest absolute Gasteiger partial charge is 0.191 e. The highest BCUT2D eigenvalue weighted by Gasteiger charge is 2.14. The number of likely N-dealkylation sites (N-methyl/N-ethyl adjacent to an activating group) is 1. The maximum absolute atomic E-state index is 4.77. The quantitative estimate of drug-likeness (QED) is 0.362. The van der Waals surface area contributed by atoms with Crippen LogP contribution in [0.3, 0.4) is 0 Å². The number of likely N-dealkylation sites (tertiary alicyclic amines) is 1. The highest BCUT2D eigenvalue weighted by molar-refractivity contribution is 5.79. The fourth-order valence-corrected chi connectivity index (χ4v) is 3.95. The molecule has 2 aliphatic heterocycles. The first-order chi connectivity index (χ1) is 13.2. The number of piperidine rings is 1. The number of hydrogen-bond acceptors (Lipinski definition) is 4. The third-order valence-corrected chi connectivity index (χ3v) is 5.88. The van der Waals surface area contributed by atoms with Gasteiger partial charge in [-0.2, -0.15) is 0 Å². The molecule has 0 saturated carbocycles. The Labute approximate surface area is 167 Å². The van der Waals surface area contributed by atoms with Crippen LogP contribution >= 0.6 is 0 Å². The summed E-state index contributed by atoms with van der Waals surface area (Å²) in [6.45, 7) is 17.2. The van der Waals surface area contributed by atoms with Gasteiger partial charge >= 0.3 is 0 Å². The van der Waals surface area contributed by atoms with Crippen molar-refractivity contribution in [1.82, 2.24) is 25.3 Å². The number of nitrogens with one attached hydrogen (secondary N) is 2. The molecule has 27 heavy (non-hydrogen) atoms.